The van der Waals surface area contributed by atoms with E-state index in [1.807, 2.05) is 31.2 Å². The van der Waals surface area contributed by atoms with E-state index in [1.54, 1.807) is 12.1 Å². The summed E-state index contributed by atoms with van der Waals surface area (Å²) >= 11 is 0. The minimum atomic E-state index is -0.0912. The van der Waals surface area contributed by atoms with Gasteiger partial charge in [-0.1, -0.05) is 0 Å². The zero-order chi connectivity index (χ0) is 20.1. The van der Waals surface area contributed by atoms with Crippen LogP contribution in [0, 0.1) is 0 Å². The number of ether oxygens (including phenoxy) is 4. The van der Waals surface area contributed by atoms with Crippen LogP contribution >= 0.6 is 0 Å². The number of fused-ring (bicyclic) bond motifs is 1. The number of morpholine rings is 1. The second kappa shape index (κ2) is 9.15. The molecular weight excluding hydrogens is 372 g/mol. The molecule has 1 saturated heterocycles. The van der Waals surface area contributed by atoms with Gasteiger partial charge in [0.2, 0.25) is 6.79 Å². The van der Waals surface area contributed by atoms with Gasteiger partial charge in [0.15, 0.2) is 11.5 Å². The van der Waals surface area contributed by atoms with Gasteiger partial charge in [-0.25, -0.2) is 0 Å². The SMILES string of the molecule is CCOc1ccc(C(=O)NC[C@H](c2ccc3c(c2)OCO3)[NH+]2CCOCC2)cc1. The molecule has 1 amide bonds. The lowest BCUT2D eigenvalue weighted by atomic mass is 10.0. The van der Waals surface area contributed by atoms with Gasteiger partial charge in [0.05, 0.1) is 26.4 Å². The Morgan fingerprint density at radius 3 is 2.62 bits per heavy atom. The van der Waals surface area contributed by atoms with Crippen LogP contribution < -0.4 is 24.4 Å². The molecule has 154 valence electrons. The largest absolute Gasteiger partial charge is 0.494 e. The molecule has 2 aliphatic heterocycles. The Kier molecular flexibility index (Phi) is 6.17. The van der Waals surface area contributed by atoms with Gasteiger partial charge in [-0.2, -0.15) is 0 Å². The van der Waals surface area contributed by atoms with Crippen molar-refractivity contribution in [3.8, 4) is 17.2 Å². The van der Waals surface area contributed by atoms with Crippen LogP contribution in [0.1, 0.15) is 28.9 Å². The summed E-state index contributed by atoms with van der Waals surface area (Å²) in [6.45, 7) is 6.57. The van der Waals surface area contributed by atoms with Crippen LogP contribution in [0.3, 0.4) is 0 Å². The average Bonchev–Trinajstić information content (AvgIpc) is 3.23. The summed E-state index contributed by atoms with van der Waals surface area (Å²) in [5, 5.41) is 3.10. The summed E-state index contributed by atoms with van der Waals surface area (Å²) < 4.78 is 21.9. The van der Waals surface area contributed by atoms with Crippen molar-refractivity contribution in [3.05, 3.63) is 53.6 Å². The highest BCUT2D eigenvalue weighted by Crippen LogP contribution is 2.33. The summed E-state index contributed by atoms with van der Waals surface area (Å²) in [5.41, 5.74) is 1.74. The summed E-state index contributed by atoms with van der Waals surface area (Å²) in [5.74, 6) is 2.20. The number of hydrogen-bond donors (Lipinski definition) is 2. The third-order valence-corrected chi connectivity index (χ3v) is 5.32. The summed E-state index contributed by atoms with van der Waals surface area (Å²) in [6.07, 6.45) is 0. The van der Waals surface area contributed by atoms with Crippen molar-refractivity contribution in [2.45, 2.75) is 13.0 Å². The number of rotatable bonds is 7. The lowest BCUT2D eigenvalue weighted by molar-refractivity contribution is -0.937. The molecule has 0 radical (unpaired) electrons. The number of quaternary nitrogens is 1. The molecule has 2 heterocycles. The third kappa shape index (κ3) is 4.63. The van der Waals surface area contributed by atoms with E-state index >= 15 is 0 Å². The highest BCUT2D eigenvalue weighted by Gasteiger charge is 2.28. The molecule has 0 aliphatic carbocycles. The molecule has 0 aromatic heterocycles. The normalized spacial score (nSPS) is 17.0. The number of hydrogen-bond acceptors (Lipinski definition) is 5. The maximum absolute atomic E-state index is 12.7. The fourth-order valence-electron chi connectivity index (χ4n) is 3.78. The number of carbonyl (C=O) groups is 1. The molecule has 0 saturated carbocycles. The molecule has 1 atom stereocenters. The van der Waals surface area contributed by atoms with Crippen LogP contribution in [0.25, 0.3) is 0 Å². The smallest absolute Gasteiger partial charge is 0.251 e. The Balaban J connectivity index is 1.47. The van der Waals surface area contributed by atoms with Crippen molar-refractivity contribution in [1.82, 2.24) is 5.32 Å². The Bertz CT molecular complexity index is 834. The quantitative estimate of drug-likeness (QED) is 0.732. The molecule has 2 aromatic carbocycles. The Hall–Kier alpha value is -2.77. The predicted octanol–water partition coefficient (Wildman–Crippen LogP) is 1.20. The number of nitrogens with one attached hydrogen (secondary N) is 2. The van der Waals surface area contributed by atoms with E-state index in [1.165, 1.54) is 4.90 Å². The molecule has 2 aliphatic rings. The first-order chi connectivity index (χ1) is 14.2. The minimum Gasteiger partial charge on any atom is -0.494 e. The molecule has 2 N–H and O–H groups in total. The van der Waals surface area contributed by atoms with Crippen LogP contribution in [-0.2, 0) is 4.74 Å². The van der Waals surface area contributed by atoms with E-state index in [-0.39, 0.29) is 18.7 Å². The molecule has 0 unspecified atom stereocenters. The fraction of sp³-hybridized carbons (Fsp3) is 0.409. The van der Waals surface area contributed by atoms with Gasteiger partial charge in [0.1, 0.15) is 24.9 Å². The van der Waals surface area contributed by atoms with Crippen LogP contribution in [-0.4, -0.2) is 52.2 Å². The van der Waals surface area contributed by atoms with Gasteiger partial charge < -0.3 is 29.2 Å². The second-order valence-corrected chi connectivity index (χ2v) is 7.10. The summed E-state index contributed by atoms with van der Waals surface area (Å²) in [6, 6.07) is 13.4. The zero-order valence-electron chi connectivity index (χ0n) is 16.6. The van der Waals surface area contributed by atoms with E-state index in [0.29, 0.717) is 18.7 Å². The van der Waals surface area contributed by atoms with Gasteiger partial charge in [-0.3, -0.25) is 4.79 Å². The van der Waals surface area contributed by atoms with Gasteiger partial charge in [0.25, 0.3) is 5.91 Å². The monoisotopic (exact) mass is 399 g/mol. The average molecular weight is 399 g/mol. The highest BCUT2D eigenvalue weighted by atomic mass is 16.7. The Morgan fingerprint density at radius 2 is 1.86 bits per heavy atom. The van der Waals surface area contributed by atoms with Crippen molar-refractivity contribution in [2.75, 3.05) is 46.2 Å². The molecule has 0 bridgehead atoms. The van der Waals surface area contributed by atoms with E-state index in [0.717, 1.165) is 49.1 Å². The molecule has 29 heavy (non-hydrogen) atoms. The van der Waals surface area contributed by atoms with Gasteiger partial charge in [-0.05, 0) is 49.4 Å². The van der Waals surface area contributed by atoms with Crippen molar-refractivity contribution < 1.29 is 28.6 Å². The molecule has 4 rings (SSSR count). The molecule has 2 aromatic rings. The van der Waals surface area contributed by atoms with E-state index in [2.05, 4.69) is 11.4 Å². The predicted molar refractivity (Wildman–Crippen MR) is 107 cm³/mol. The minimum absolute atomic E-state index is 0.0912. The first kappa shape index (κ1) is 19.5. The van der Waals surface area contributed by atoms with Crippen molar-refractivity contribution >= 4 is 5.91 Å². The number of carbonyl (C=O) groups excluding carboxylic acids is 1. The second-order valence-electron chi connectivity index (χ2n) is 7.10. The number of benzene rings is 2. The van der Waals surface area contributed by atoms with Crippen LogP contribution in [0.4, 0.5) is 0 Å². The molecule has 7 nitrogen and oxygen atoms in total. The maximum atomic E-state index is 12.7. The fourth-order valence-corrected chi connectivity index (χ4v) is 3.78. The van der Waals surface area contributed by atoms with Crippen molar-refractivity contribution in [3.63, 3.8) is 0 Å². The van der Waals surface area contributed by atoms with Crippen LogP contribution in [0.15, 0.2) is 42.5 Å². The molecule has 0 spiro atoms. The van der Waals surface area contributed by atoms with Gasteiger partial charge in [-0.15, -0.1) is 0 Å². The molecular formula is C22H27N2O5+. The standard InChI is InChI=1S/C22H26N2O5/c1-2-27-18-6-3-16(4-7-18)22(25)23-14-19(24-9-11-26-12-10-24)17-5-8-20-21(13-17)29-15-28-20/h3-8,13,19H,2,9-12,14-15H2,1H3,(H,23,25)/p+1/t19-/m1/s1. The van der Waals surface area contributed by atoms with Crippen molar-refractivity contribution in [1.29, 1.82) is 0 Å². The topological polar surface area (TPSA) is 70.5 Å². The van der Waals surface area contributed by atoms with Gasteiger partial charge >= 0.3 is 0 Å². The lowest BCUT2D eigenvalue weighted by Crippen LogP contribution is -3.15. The maximum Gasteiger partial charge on any atom is 0.251 e. The first-order valence-corrected chi connectivity index (χ1v) is 10.1. The van der Waals surface area contributed by atoms with Crippen LogP contribution in [0.2, 0.25) is 0 Å². The van der Waals surface area contributed by atoms with Crippen molar-refractivity contribution in [2.24, 2.45) is 0 Å². The Morgan fingerprint density at radius 1 is 1.10 bits per heavy atom. The summed E-state index contributed by atoms with van der Waals surface area (Å²) in [7, 11) is 0. The van der Waals surface area contributed by atoms with E-state index in [4.69, 9.17) is 18.9 Å². The zero-order valence-corrected chi connectivity index (χ0v) is 16.6. The highest BCUT2D eigenvalue weighted by molar-refractivity contribution is 5.94. The first-order valence-electron chi connectivity index (χ1n) is 10.1. The van der Waals surface area contributed by atoms with E-state index in [9.17, 15) is 4.79 Å². The van der Waals surface area contributed by atoms with Crippen LogP contribution in [0.5, 0.6) is 17.2 Å². The third-order valence-electron chi connectivity index (χ3n) is 5.32. The van der Waals surface area contributed by atoms with Gasteiger partial charge in [0, 0.05) is 11.1 Å². The molecule has 7 heteroatoms. The number of amides is 1. The van der Waals surface area contributed by atoms with E-state index < -0.39 is 0 Å². The lowest BCUT2D eigenvalue weighted by Gasteiger charge is -2.32. The Labute approximate surface area is 170 Å². The summed E-state index contributed by atoms with van der Waals surface area (Å²) in [4.78, 5) is 14.1. The molecule has 1 fully saturated rings.